The molecule has 2 atom stereocenters. The number of aromatic nitrogens is 2. The summed E-state index contributed by atoms with van der Waals surface area (Å²) in [5.41, 5.74) is 0. The molecule has 1 aromatic heterocycles. The number of hydrogen-bond acceptors (Lipinski definition) is 5. The predicted octanol–water partition coefficient (Wildman–Crippen LogP) is 1.37. The molecule has 0 aliphatic carbocycles. The van der Waals surface area contributed by atoms with Crippen molar-refractivity contribution in [2.75, 3.05) is 18.5 Å². The Morgan fingerprint density at radius 1 is 1.69 bits per heavy atom. The molecule has 5 heteroatoms. The van der Waals surface area contributed by atoms with Crippen LogP contribution in [0.2, 0.25) is 0 Å². The van der Waals surface area contributed by atoms with Crippen LogP contribution in [0.3, 0.4) is 0 Å². The van der Waals surface area contributed by atoms with E-state index in [1.807, 2.05) is 0 Å². The Morgan fingerprint density at radius 2 is 2.62 bits per heavy atom. The smallest absolute Gasteiger partial charge is 0.202 e. The summed E-state index contributed by atoms with van der Waals surface area (Å²) in [5.74, 6) is 0.615. The van der Waals surface area contributed by atoms with Crippen molar-refractivity contribution in [2.24, 2.45) is 5.92 Å². The number of nitrogens with one attached hydrogen (secondary N) is 1. The van der Waals surface area contributed by atoms with E-state index in [-0.39, 0.29) is 0 Å². The normalized spacial score (nSPS) is 27.8. The first-order valence-electron chi connectivity index (χ1n) is 4.51. The lowest BCUT2D eigenvalue weighted by Crippen LogP contribution is -2.27. The molecule has 72 valence electrons. The number of anilines is 1. The third-order valence-electron chi connectivity index (χ3n) is 2.39. The van der Waals surface area contributed by atoms with Crippen molar-refractivity contribution in [3.8, 4) is 0 Å². The van der Waals surface area contributed by atoms with Gasteiger partial charge in [-0.25, -0.2) is 4.98 Å². The van der Waals surface area contributed by atoms with E-state index in [2.05, 4.69) is 21.6 Å². The van der Waals surface area contributed by atoms with Gasteiger partial charge < -0.3 is 10.1 Å². The second-order valence-corrected chi connectivity index (χ2v) is 3.98. The highest BCUT2D eigenvalue weighted by atomic mass is 32.1. The van der Waals surface area contributed by atoms with Crippen molar-refractivity contribution in [3.63, 3.8) is 0 Å². The lowest BCUT2D eigenvalue weighted by molar-refractivity contribution is 0.184. The fraction of sp³-hybridized carbons (Fsp3) is 0.750. The zero-order valence-corrected chi connectivity index (χ0v) is 8.38. The van der Waals surface area contributed by atoms with Crippen molar-refractivity contribution in [1.82, 2.24) is 9.36 Å². The second-order valence-electron chi connectivity index (χ2n) is 3.20. The molecule has 2 rings (SSSR count). The third-order valence-corrected chi connectivity index (χ3v) is 2.99. The van der Waals surface area contributed by atoms with Crippen LogP contribution in [0.25, 0.3) is 0 Å². The Bertz CT molecular complexity index is 252. The first-order chi connectivity index (χ1) is 6.40. The van der Waals surface area contributed by atoms with Crippen LogP contribution in [-0.4, -0.2) is 28.6 Å². The maximum Gasteiger partial charge on any atom is 0.202 e. The molecule has 0 aromatic carbocycles. The maximum absolute atomic E-state index is 5.40. The van der Waals surface area contributed by atoms with Gasteiger partial charge in [-0.3, -0.25) is 0 Å². The van der Waals surface area contributed by atoms with Crippen LogP contribution in [0.15, 0.2) is 6.33 Å². The number of rotatable bonds is 3. The molecule has 0 saturated carbocycles. The van der Waals surface area contributed by atoms with E-state index in [1.165, 1.54) is 11.5 Å². The van der Waals surface area contributed by atoms with Crippen molar-refractivity contribution in [1.29, 1.82) is 0 Å². The largest absolute Gasteiger partial charge is 0.379 e. The van der Waals surface area contributed by atoms with Gasteiger partial charge in [0.1, 0.15) is 6.33 Å². The minimum absolute atomic E-state index is 0.415. The van der Waals surface area contributed by atoms with Crippen LogP contribution < -0.4 is 5.32 Å². The highest BCUT2D eigenvalue weighted by Gasteiger charge is 2.26. The molecule has 2 unspecified atom stereocenters. The SMILES string of the molecule is CCC1COCC1Nc1ncns1. The van der Waals surface area contributed by atoms with E-state index in [9.17, 15) is 0 Å². The van der Waals surface area contributed by atoms with Gasteiger partial charge in [0.05, 0.1) is 19.3 Å². The summed E-state index contributed by atoms with van der Waals surface area (Å²) in [6.07, 6.45) is 2.72. The van der Waals surface area contributed by atoms with Crippen molar-refractivity contribution >= 4 is 16.7 Å². The first-order valence-corrected chi connectivity index (χ1v) is 5.28. The van der Waals surface area contributed by atoms with Crippen LogP contribution in [0.5, 0.6) is 0 Å². The fourth-order valence-electron chi connectivity index (χ4n) is 1.56. The van der Waals surface area contributed by atoms with Crippen LogP contribution in [-0.2, 0) is 4.74 Å². The highest BCUT2D eigenvalue weighted by molar-refractivity contribution is 7.09. The number of nitrogens with zero attached hydrogens (tertiary/aromatic N) is 2. The van der Waals surface area contributed by atoms with Gasteiger partial charge in [-0.15, -0.1) is 0 Å². The van der Waals surface area contributed by atoms with Gasteiger partial charge in [0.2, 0.25) is 5.13 Å². The molecule has 1 fully saturated rings. The molecule has 2 heterocycles. The molecule has 0 bridgehead atoms. The van der Waals surface area contributed by atoms with Gasteiger partial charge >= 0.3 is 0 Å². The lowest BCUT2D eigenvalue weighted by Gasteiger charge is -2.15. The molecular weight excluding hydrogens is 186 g/mol. The van der Waals surface area contributed by atoms with Crippen LogP contribution in [0, 0.1) is 5.92 Å². The lowest BCUT2D eigenvalue weighted by atomic mass is 10.0. The molecule has 1 saturated heterocycles. The molecule has 0 radical (unpaired) electrons. The Morgan fingerprint density at radius 3 is 3.31 bits per heavy atom. The molecule has 0 spiro atoms. The van der Waals surface area contributed by atoms with Gasteiger partial charge in [-0.2, -0.15) is 4.37 Å². The summed E-state index contributed by atoms with van der Waals surface area (Å²) >= 11 is 1.39. The minimum Gasteiger partial charge on any atom is -0.379 e. The second kappa shape index (κ2) is 4.02. The summed E-state index contributed by atoms with van der Waals surface area (Å²) in [6.45, 7) is 3.85. The third kappa shape index (κ3) is 1.97. The molecule has 4 nitrogen and oxygen atoms in total. The Hall–Kier alpha value is -0.680. The summed E-state index contributed by atoms with van der Waals surface area (Å²) in [4.78, 5) is 4.09. The molecule has 1 aliphatic heterocycles. The average Bonchev–Trinajstić information content (AvgIpc) is 2.76. The Balaban J connectivity index is 1.94. The summed E-state index contributed by atoms with van der Waals surface area (Å²) in [7, 11) is 0. The van der Waals surface area contributed by atoms with E-state index >= 15 is 0 Å². The quantitative estimate of drug-likeness (QED) is 0.798. The Labute approximate surface area is 81.5 Å². The molecular formula is C8H13N3OS. The number of ether oxygens (including phenoxy) is 1. The Kier molecular flexibility index (Phi) is 2.75. The van der Waals surface area contributed by atoms with Gasteiger partial charge in [0, 0.05) is 17.5 Å². The molecule has 1 aliphatic rings. The summed E-state index contributed by atoms with van der Waals surface area (Å²) in [6, 6.07) is 0.415. The molecule has 0 amide bonds. The van der Waals surface area contributed by atoms with E-state index in [4.69, 9.17) is 4.74 Å². The zero-order valence-electron chi connectivity index (χ0n) is 7.56. The van der Waals surface area contributed by atoms with Gasteiger partial charge in [-0.1, -0.05) is 6.92 Å². The van der Waals surface area contributed by atoms with E-state index < -0.39 is 0 Å². The van der Waals surface area contributed by atoms with Crippen LogP contribution in [0.1, 0.15) is 13.3 Å². The summed E-state index contributed by atoms with van der Waals surface area (Å²) < 4.78 is 9.35. The van der Waals surface area contributed by atoms with E-state index in [1.54, 1.807) is 6.33 Å². The highest BCUT2D eigenvalue weighted by Crippen LogP contribution is 2.21. The van der Waals surface area contributed by atoms with Gasteiger partial charge in [0.25, 0.3) is 0 Å². The maximum atomic E-state index is 5.40. The van der Waals surface area contributed by atoms with E-state index in [0.29, 0.717) is 12.0 Å². The fourth-order valence-corrected chi connectivity index (χ4v) is 2.05. The topological polar surface area (TPSA) is 47.0 Å². The predicted molar refractivity (Wildman–Crippen MR) is 51.9 cm³/mol. The minimum atomic E-state index is 0.415. The van der Waals surface area contributed by atoms with Crippen LogP contribution in [0.4, 0.5) is 5.13 Å². The van der Waals surface area contributed by atoms with Crippen molar-refractivity contribution in [3.05, 3.63) is 6.33 Å². The average molecular weight is 199 g/mol. The van der Waals surface area contributed by atoms with E-state index in [0.717, 1.165) is 24.8 Å². The summed E-state index contributed by atoms with van der Waals surface area (Å²) in [5, 5.41) is 4.24. The number of hydrogen-bond donors (Lipinski definition) is 1. The van der Waals surface area contributed by atoms with Gasteiger partial charge in [-0.05, 0) is 6.42 Å². The molecule has 1 aromatic rings. The monoisotopic (exact) mass is 199 g/mol. The van der Waals surface area contributed by atoms with Crippen molar-refractivity contribution < 1.29 is 4.74 Å². The van der Waals surface area contributed by atoms with Crippen molar-refractivity contribution in [2.45, 2.75) is 19.4 Å². The standard InChI is InChI=1S/C8H13N3OS/c1-2-6-3-12-4-7(6)11-8-9-5-10-13-8/h5-7H,2-4H2,1H3,(H,9,10,11). The zero-order chi connectivity index (χ0) is 9.10. The van der Waals surface area contributed by atoms with Gasteiger partial charge in [0.15, 0.2) is 0 Å². The molecule has 13 heavy (non-hydrogen) atoms. The first kappa shape index (κ1) is 8.90. The van der Waals surface area contributed by atoms with Crippen LogP contribution >= 0.6 is 11.5 Å². The molecule has 1 N–H and O–H groups in total.